The maximum Gasteiger partial charge on any atom is 0.380 e. The number of hydrogen-bond donors (Lipinski definition) is 1. The van der Waals surface area contributed by atoms with Gasteiger partial charge in [0, 0.05) is 10.8 Å². The van der Waals surface area contributed by atoms with Crippen LogP contribution in [0.5, 0.6) is 5.75 Å². The molecule has 0 aliphatic rings. The van der Waals surface area contributed by atoms with Crippen molar-refractivity contribution < 1.29 is 17.0 Å². The van der Waals surface area contributed by atoms with Crippen LogP contribution in [0.3, 0.4) is 0 Å². The highest BCUT2D eigenvalue weighted by Crippen LogP contribution is 2.28. The topological polar surface area (TPSA) is 69.4 Å². The molecule has 2 N–H and O–H groups in total. The van der Waals surface area contributed by atoms with Crippen LogP contribution in [-0.4, -0.2) is 8.42 Å². The Balaban J connectivity index is 2.68. The molecule has 0 aliphatic heterocycles. The van der Waals surface area contributed by atoms with Gasteiger partial charge in [0.05, 0.1) is 0 Å². The van der Waals surface area contributed by atoms with E-state index < -0.39 is 16.1 Å². The number of nitrogens with two attached hydrogens (primary N) is 1. The van der Waals surface area contributed by atoms with Crippen molar-refractivity contribution in [1.82, 2.24) is 0 Å². The van der Waals surface area contributed by atoms with Gasteiger partial charge in [0.2, 0.25) is 0 Å². The predicted molar refractivity (Wildman–Crippen MR) is 57.6 cm³/mol. The standard InChI is InChI=1S/C10H8FNO3S/c11-9-5-6-10(15-16(12,13)14)8-4-2-1-3-7(8)9/h1-6H,(H2,12,13,14). The van der Waals surface area contributed by atoms with Gasteiger partial charge in [0.25, 0.3) is 0 Å². The summed E-state index contributed by atoms with van der Waals surface area (Å²) >= 11 is 0. The van der Waals surface area contributed by atoms with Gasteiger partial charge in [-0.3, -0.25) is 0 Å². The third kappa shape index (κ3) is 2.12. The van der Waals surface area contributed by atoms with Crippen molar-refractivity contribution in [1.29, 1.82) is 0 Å². The molecule has 0 aliphatic carbocycles. The Hall–Kier alpha value is -1.66. The number of rotatable bonds is 2. The lowest BCUT2D eigenvalue weighted by Gasteiger charge is -2.06. The van der Waals surface area contributed by atoms with Crippen molar-refractivity contribution >= 4 is 21.1 Å². The summed E-state index contributed by atoms with van der Waals surface area (Å²) in [6, 6.07) is 8.73. The number of hydrogen-bond acceptors (Lipinski definition) is 3. The summed E-state index contributed by atoms with van der Waals surface area (Å²) in [6.07, 6.45) is 0. The summed E-state index contributed by atoms with van der Waals surface area (Å²) in [5, 5.41) is 5.39. The molecule has 2 rings (SSSR count). The van der Waals surface area contributed by atoms with Crippen LogP contribution in [0, 0.1) is 5.82 Å². The van der Waals surface area contributed by atoms with Crippen LogP contribution in [0.25, 0.3) is 10.8 Å². The average molecular weight is 241 g/mol. The van der Waals surface area contributed by atoms with Crippen LogP contribution in [0.1, 0.15) is 0 Å². The molecule has 4 nitrogen and oxygen atoms in total. The lowest BCUT2D eigenvalue weighted by Crippen LogP contribution is -2.19. The zero-order valence-electron chi connectivity index (χ0n) is 8.05. The summed E-state index contributed by atoms with van der Waals surface area (Å²) in [4.78, 5) is 0. The third-order valence-corrected chi connectivity index (χ3v) is 2.45. The van der Waals surface area contributed by atoms with Gasteiger partial charge in [0.1, 0.15) is 5.82 Å². The second-order valence-corrected chi connectivity index (χ2v) is 4.32. The number of fused-ring (bicyclic) bond motifs is 1. The molecule has 84 valence electrons. The molecule has 0 aromatic heterocycles. The fourth-order valence-corrected chi connectivity index (χ4v) is 1.83. The van der Waals surface area contributed by atoms with Gasteiger partial charge in [-0.15, -0.1) is 0 Å². The van der Waals surface area contributed by atoms with Crippen molar-refractivity contribution in [3.63, 3.8) is 0 Å². The molecular formula is C10H8FNO3S. The first-order valence-corrected chi connectivity index (χ1v) is 5.84. The lowest BCUT2D eigenvalue weighted by atomic mass is 10.1. The van der Waals surface area contributed by atoms with E-state index in [4.69, 9.17) is 5.14 Å². The Morgan fingerprint density at radius 2 is 1.69 bits per heavy atom. The first-order chi connectivity index (χ1) is 7.47. The lowest BCUT2D eigenvalue weighted by molar-refractivity contribution is 0.490. The summed E-state index contributed by atoms with van der Waals surface area (Å²) in [6.45, 7) is 0. The predicted octanol–water partition coefficient (Wildman–Crippen LogP) is 1.56. The second kappa shape index (κ2) is 3.73. The molecule has 0 radical (unpaired) electrons. The number of benzene rings is 2. The highest BCUT2D eigenvalue weighted by atomic mass is 32.2. The van der Waals surface area contributed by atoms with E-state index in [0.717, 1.165) is 6.07 Å². The molecular weight excluding hydrogens is 233 g/mol. The molecule has 0 amide bonds. The summed E-state index contributed by atoms with van der Waals surface area (Å²) in [5.74, 6) is -0.433. The molecule has 0 atom stereocenters. The molecule has 0 saturated carbocycles. The molecule has 6 heteroatoms. The third-order valence-electron chi connectivity index (χ3n) is 2.04. The maximum absolute atomic E-state index is 13.4. The first-order valence-electron chi connectivity index (χ1n) is 4.37. The minimum Gasteiger partial charge on any atom is -0.370 e. The first kappa shape index (κ1) is 10.8. The van der Waals surface area contributed by atoms with E-state index in [9.17, 15) is 12.8 Å². The Labute approximate surface area is 91.7 Å². The Kier molecular flexibility index (Phi) is 2.53. The largest absolute Gasteiger partial charge is 0.380 e. The Morgan fingerprint density at radius 3 is 2.31 bits per heavy atom. The summed E-state index contributed by atoms with van der Waals surface area (Å²) < 4.78 is 39.5. The molecule has 2 aromatic carbocycles. The van der Waals surface area contributed by atoms with E-state index in [2.05, 4.69) is 4.18 Å². The minimum absolute atomic E-state index is 0.0134. The van der Waals surface area contributed by atoms with Gasteiger partial charge in [-0.25, -0.2) is 4.39 Å². The van der Waals surface area contributed by atoms with Crippen LogP contribution in [0.4, 0.5) is 4.39 Å². The normalized spacial score (nSPS) is 11.6. The van der Waals surface area contributed by atoms with Crippen LogP contribution < -0.4 is 9.32 Å². The number of halogens is 1. The summed E-state index contributed by atoms with van der Waals surface area (Å²) in [7, 11) is -4.10. The van der Waals surface area contributed by atoms with Crippen LogP contribution in [-0.2, 0) is 10.3 Å². The van der Waals surface area contributed by atoms with Gasteiger partial charge in [-0.05, 0) is 12.1 Å². The molecule has 2 aromatic rings. The smallest absolute Gasteiger partial charge is 0.370 e. The van der Waals surface area contributed by atoms with Gasteiger partial charge in [-0.1, -0.05) is 24.3 Å². The minimum atomic E-state index is -4.10. The van der Waals surface area contributed by atoms with Gasteiger partial charge < -0.3 is 4.18 Å². The molecule has 0 unspecified atom stereocenters. The highest BCUT2D eigenvalue weighted by molar-refractivity contribution is 7.84. The second-order valence-electron chi connectivity index (χ2n) is 3.17. The van der Waals surface area contributed by atoms with Crippen LogP contribution in [0.15, 0.2) is 36.4 Å². The van der Waals surface area contributed by atoms with E-state index >= 15 is 0 Å². The van der Waals surface area contributed by atoms with E-state index in [1.165, 1.54) is 12.1 Å². The van der Waals surface area contributed by atoms with Crippen molar-refractivity contribution in [3.8, 4) is 5.75 Å². The molecule has 0 fully saturated rings. The zero-order valence-corrected chi connectivity index (χ0v) is 8.87. The summed E-state index contributed by atoms with van der Waals surface area (Å²) in [5.41, 5.74) is 0. The van der Waals surface area contributed by atoms with Gasteiger partial charge >= 0.3 is 10.3 Å². The molecule has 0 bridgehead atoms. The van der Waals surface area contributed by atoms with Crippen molar-refractivity contribution in [3.05, 3.63) is 42.2 Å². The maximum atomic E-state index is 13.4. The molecule has 16 heavy (non-hydrogen) atoms. The Bertz CT molecular complexity index is 640. The SMILES string of the molecule is NS(=O)(=O)Oc1ccc(F)c2ccccc12. The van der Waals surface area contributed by atoms with Crippen molar-refractivity contribution in [2.75, 3.05) is 0 Å². The molecule has 0 spiro atoms. The Morgan fingerprint density at radius 1 is 1.06 bits per heavy atom. The van der Waals surface area contributed by atoms with E-state index in [-0.39, 0.29) is 11.1 Å². The van der Waals surface area contributed by atoms with Crippen molar-refractivity contribution in [2.24, 2.45) is 5.14 Å². The van der Waals surface area contributed by atoms with Crippen LogP contribution >= 0.6 is 0 Å². The highest BCUT2D eigenvalue weighted by Gasteiger charge is 2.10. The van der Waals surface area contributed by atoms with E-state index in [1.54, 1.807) is 18.2 Å². The van der Waals surface area contributed by atoms with E-state index in [0.29, 0.717) is 5.39 Å². The average Bonchev–Trinajstić information content (AvgIpc) is 2.21. The molecule has 0 heterocycles. The monoisotopic (exact) mass is 241 g/mol. The van der Waals surface area contributed by atoms with Crippen molar-refractivity contribution in [2.45, 2.75) is 0 Å². The molecule has 0 saturated heterocycles. The van der Waals surface area contributed by atoms with Crippen LogP contribution in [0.2, 0.25) is 0 Å². The van der Waals surface area contributed by atoms with E-state index in [1.807, 2.05) is 0 Å². The van der Waals surface area contributed by atoms with Gasteiger partial charge in [-0.2, -0.15) is 13.6 Å². The zero-order chi connectivity index (χ0) is 11.8. The fraction of sp³-hybridized carbons (Fsp3) is 0. The van der Waals surface area contributed by atoms with Gasteiger partial charge in [0.15, 0.2) is 5.75 Å². The quantitative estimate of drug-likeness (QED) is 0.867. The fourth-order valence-electron chi connectivity index (χ4n) is 1.43.